The number of aliphatic hydroxyl groups excluding tert-OH is 2. The van der Waals surface area contributed by atoms with Gasteiger partial charge in [-0.15, -0.1) is 0 Å². The first-order valence-corrected chi connectivity index (χ1v) is 7.41. The topological polar surface area (TPSA) is 156 Å². The molecule has 0 rings (SSSR count). The zero-order valence-electron chi connectivity index (χ0n) is 14.4. The first kappa shape index (κ1) is 26.7. The summed E-state index contributed by atoms with van der Waals surface area (Å²) in [4.78, 5) is 19.8. The molecule has 8 heteroatoms. The summed E-state index contributed by atoms with van der Waals surface area (Å²) >= 11 is 0. The van der Waals surface area contributed by atoms with Crippen molar-refractivity contribution < 1.29 is 40.2 Å². The number of rotatable bonds is 8. The lowest BCUT2D eigenvalue weighted by Crippen LogP contribution is -2.20. The third kappa shape index (κ3) is 33.5. The van der Waals surface area contributed by atoms with E-state index in [1.807, 2.05) is 0 Å². The second kappa shape index (κ2) is 14.4. The number of hydrogen-bond donors (Lipinski definition) is 6. The summed E-state index contributed by atoms with van der Waals surface area (Å²) in [5.41, 5.74) is -0.306. The first-order valence-electron chi connectivity index (χ1n) is 7.41. The zero-order valence-corrected chi connectivity index (χ0v) is 14.4. The summed E-state index contributed by atoms with van der Waals surface area (Å²) < 4.78 is 0. The van der Waals surface area contributed by atoms with Crippen LogP contribution in [0.25, 0.3) is 0 Å². The predicted molar refractivity (Wildman–Crippen MR) is 84.8 cm³/mol. The fourth-order valence-corrected chi connectivity index (χ4v) is 0.602. The number of carboxylic acid groups (broad SMARTS) is 2. The molecule has 0 heterocycles. The Morgan fingerprint density at radius 1 is 0.826 bits per heavy atom. The second-order valence-corrected chi connectivity index (χ2v) is 6.05. The van der Waals surface area contributed by atoms with E-state index in [1.54, 1.807) is 20.8 Å². The van der Waals surface area contributed by atoms with Crippen LogP contribution in [-0.2, 0) is 9.59 Å². The van der Waals surface area contributed by atoms with Gasteiger partial charge in [-0.05, 0) is 26.2 Å². The Hall–Kier alpha value is -1.22. The average molecular weight is 340 g/mol. The van der Waals surface area contributed by atoms with Gasteiger partial charge in [-0.2, -0.15) is 0 Å². The summed E-state index contributed by atoms with van der Waals surface area (Å²) in [5, 5.41) is 49.9. The van der Waals surface area contributed by atoms with Gasteiger partial charge in [0, 0.05) is 18.3 Å². The van der Waals surface area contributed by atoms with Crippen LogP contribution in [0.3, 0.4) is 0 Å². The van der Waals surface area contributed by atoms with E-state index in [0.29, 0.717) is 19.3 Å². The standard InChI is InChI=1S/C6H10O4.C5H12O2.C4H10O2/c7-5(8)3-1-2-4-6(9)10;1-5(2,3-6)4-7;1-3-4(2,5)6/h1-4H2,(H,7,8)(H,9,10);6-7H,3-4H2,1-2H3;5-6H,3H2,1-2H3. The van der Waals surface area contributed by atoms with Gasteiger partial charge in [0.25, 0.3) is 0 Å². The molecular formula is C15H32O8. The van der Waals surface area contributed by atoms with Crippen molar-refractivity contribution in [2.24, 2.45) is 5.41 Å². The van der Waals surface area contributed by atoms with E-state index in [9.17, 15) is 9.59 Å². The minimum Gasteiger partial charge on any atom is -0.481 e. The molecule has 0 saturated carbocycles. The minimum atomic E-state index is -1.46. The third-order valence-electron chi connectivity index (χ3n) is 2.56. The van der Waals surface area contributed by atoms with Crippen molar-refractivity contribution in [3.8, 4) is 0 Å². The van der Waals surface area contributed by atoms with Crippen molar-refractivity contribution in [2.75, 3.05) is 13.2 Å². The van der Waals surface area contributed by atoms with Crippen molar-refractivity contribution in [3.63, 3.8) is 0 Å². The summed E-state index contributed by atoms with van der Waals surface area (Å²) in [6.45, 7) is 6.75. The normalized spacial score (nSPS) is 10.8. The smallest absolute Gasteiger partial charge is 0.303 e. The molecule has 0 aromatic rings. The van der Waals surface area contributed by atoms with Crippen LogP contribution < -0.4 is 0 Å². The number of aliphatic carboxylic acids is 2. The molecule has 0 aromatic carbocycles. The highest BCUT2D eigenvalue weighted by atomic mass is 16.5. The number of hydrogen-bond acceptors (Lipinski definition) is 6. The molecule has 0 spiro atoms. The van der Waals surface area contributed by atoms with Crippen LogP contribution in [0.4, 0.5) is 0 Å². The van der Waals surface area contributed by atoms with Gasteiger partial charge in [-0.25, -0.2) is 0 Å². The van der Waals surface area contributed by atoms with E-state index in [4.69, 9.17) is 30.6 Å². The number of unbranched alkanes of at least 4 members (excludes halogenated alkanes) is 1. The predicted octanol–water partition coefficient (Wildman–Crippen LogP) is 0.810. The third-order valence-corrected chi connectivity index (χ3v) is 2.56. The summed E-state index contributed by atoms with van der Waals surface area (Å²) in [7, 11) is 0. The molecule has 0 aliphatic rings. The Labute approximate surface area is 137 Å². The quantitative estimate of drug-likeness (QED) is 0.280. The van der Waals surface area contributed by atoms with Crippen molar-refractivity contribution >= 4 is 11.9 Å². The van der Waals surface area contributed by atoms with E-state index in [0.717, 1.165) is 0 Å². The van der Waals surface area contributed by atoms with Gasteiger partial charge in [0.2, 0.25) is 0 Å². The highest BCUT2D eigenvalue weighted by molar-refractivity contribution is 5.67. The molecule has 0 bridgehead atoms. The summed E-state index contributed by atoms with van der Waals surface area (Å²) in [6.07, 6.45) is 1.40. The van der Waals surface area contributed by atoms with Crippen LogP contribution in [0.5, 0.6) is 0 Å². The Bertz CT molecular complexity index is 285. The van der Waals surface area contributed by atoms with Crippen LogP contribution in [0, 0.1) is 5.41 Å². The molecule has 0 aliphatic carbocycles. The maximum atomic E-state index is 9.90. The van der Waals surface area contributed by atoms with Crippen molar-refractivity contribution in [3.05, 3.63) is 0 Å². The Balaban J connectivity index is -0.000000272. The molecule has 0 radical (unpaired) electrons. The largest absolute Gasteiger partial charge is 0.481 e. The first-order chi connectivity index (χ1) is 10.3. The fourth-order valence-electron chi connectivity index (χ4n) is 0.602. The van der Waals surface area contributed by atoms with Gasteiger partial charge in [-0.3, -0.25) is 9.59 Å². The number of aliphatic hydroxyl groups is 4. The van der Waals surface area contributed by atoms with Gasteiger partial charge in [0.15, 0.2) is 5.79 Å². The molecule has 0 fully saturated rings. The SMILES string of the molecule is CC(C)(CO)CO.CCC(C)(O)O.O=C(O)CCCCC(=O)O. The molecule has 0 amide bonds. The Morgan fingerprint density at radius 2 is 1.09 bits per heavy atom. The van der Waals surface area contributed by atoms with Gasteiger partial charge in [0.05, 0.1) is 13.2 Å². The molecule has 8 nitrogen and oxygen atoms in total. The Kier molecular flexibility index (Phi) is 16.7. The maximum absolute atomic E-state index is 9.90. The van der Waals surface area contributed by atoms with Gasteiger partial charge in [-0.1, -0.05) is 20.8 Å². The second-order valence-electron chi connectivity index (χ2n) is 6.05. The van der Waals surface area contributed by atoms with Crippen molar-refractivity contribution in [2.45, 2.75) is 65.6 Å². The fraction of sp³-hybridized carbons (Fsp3) is 0.867. The lowest BCUT2D eigenvalue weighted by atomic mass is 9.97. The highest BCUT2D eigenvalue weighted by Gasteiger charge is 2.13. The van der Waals surface area contributed by atoms with Crippen LogP contribution in [0.15, 0.2) is 0 Å². The zero-order chi connectivity index (χ0) is 19.1. The van der Waals surface area contributed by atoms with E-state index < -0.39 is 17.7 Å². The lowest BCUT2D eigenvalue weighted by Gasteiger charge is -2.16. The van der Waals surface area contributed by atoms with Crippen LogP contribution in [0.2, 0.25) is 0 Å². The summed E-state index contributed by atoms with van der Waals surface area (Å²) in [6, 6.07) is 0. The number of carboxylic acids is 2. The van der Waals surface area contributed by atoms with E-state index in [2.05, 4.69) is 0 Å². The van der Waals surface area contributed by atoms with Gasteiger partial charge >= 0.3 is 11.9 Å². The van der Waals surface area contributed by atoms with E-state index in [1.165, 1.54) is 6.92 Å². The summed E-state index contributed by atoms with van der Waals surface area (Å²) in [5.74, 6) is -3.20. The molecule has 0 aliphatic heterocycles. The molecule has 0 saturated heterocycles. The number of carbonyl (C=O) groups is 2. The molecule has 23 heavy (non-hydrogen) atoms. The average Bonchev–Trinajstić information content (AvgIpc) is 2.44. The molecule has 6 N–H and O–H groups in total. The van der Waals surface area contributed by atoms with E-state index in [-0.39, 0.29) is 31.5 Å². The molecular weight excluding hydrogens is 308 g/mol. The Morgan fingerprint density at radius 3 is 1.17 bits per heavy atom. The highest BCUT2D eigenvalue weighted by Crippen LogP contribution is 2.10. The van der Waals surface area contributed by atoms with Gasteiger partial charge in [0.1, 0.15) is 0 Å². The molecule has 0 aromatic heterocycles. The molecule has 140 valence electrons. The van der Waals surface area contributed by atoms with Crippen LogP contribution in [0.1, 0.15) is 59.8 Å². The lowest BCUT2D eigenvalue weighted by molar-refractivity contribution is -0.145. The minimum absolute atomic E-state index is 0.0451. The molecule has 0 unspecified atom stereocenters. The molecule has 0 atom stereocenters. The van der Waals surface area contributed by atoms with Crippen molar-refractivity contribution in [1.82, 2.24) is 0 Å². The van der Waals surface area contributed by atoms with Crippen molar-refractivity contribution in [1.29, 1.82) is 0 Å². The maximum Gasteiger partial charge on any atom is 0.303 e. The van der Waals surface area contributed by atoms with Crippen LogP contribution >= 0.6 is 0 Å². The van der Waals surface area contributed by atoms with Crippen LogP contribution in [-0.4, -0.2) is 61.6 Å². The monoisotopic (exact) mass is 340 g/mol. The van der Waals surface area contributed by atoms with Gasteiger partial charge < -0.3 is 30.6 Å². The van der Waals surface area contributed by atoms with E-state index >= 15 is 0 Å².